The summed E-state index contributed by atoms with van der Waals surface area (Å²) in [6.07, 6.45) is 0. The van der Waals surface area contributed by atoms with Crippen LogP contribution in [0.25, 0.3) is 0 Å². The van der Waals surface area contributed by atoms with Crippen molar-refractivity contribution in [2.75, 3.05) is 6.61 Å². The standard InChI is InChI=1S/C10H12Cl2O2/c1-10(2,6-13)14-8-5-3-4-7(11)9(8)12/h3-5,13H,6H2,1-2H3. The van der Waals surface area contributed by atoms with Gasteiger partial charge in [0.2, 0.25) is 0 Å². The Labute approximate surface area is 93.4 Å². The average Bonchev–Trinajstić information content (AvgIpc) is 2.13. The van der Waals surface area contributed by atoms with E-state index in [1.165, 1.54) is 0 Å². The summed E-state index contributed by atoms with van der Waals surface area (Å²) >= 11 is 11.7. The first-order valence-electron chi connectivity index (χ1n) is 4.20. The second-order valence-corrected chi connectivity index (χ2v) is 4.36. The Kier molecular flexibility index (Phi) is 3.65. The Balaban J connectivity index is 2.92. The second-order valence-electron chi connectivity index (χ2n) is 3.57. The number of aliphatic hydroxyl groups is 1. The topological polar surface area (TPSA) is 29.5 Å². The second kappa shape index (κ2) is 4.39. The van der Waals surface area contributed by atoms with Gasteiger partial charge in [0.25, 0.3) is 0 Å². The fraction of sp³-hybridized carbons (Fsp3) is 0.400. The van der Waals surface area contributed by atoms with E-state index in [1.54, 1.807) is 32.0 Å². The molecular formula is C10H12Cl2O2. The van der Waals surface area contributed by atoms with Crippen LogP contribution in [0.4, 0.5) is 0 Å². The molecule has 0 radical (unpaired) electrons. The van der Waals surface area contributed by atoms with Crippen molar-refractivity contribution in [3.05, 3.63) is 28.2 Å². The molecule has 0 amide bonds. The van der Waals surface area contributed by atoms with Crippen LogP contribution in [0.5, 0.6) is 5.75 Å². The summed E-state index contributed by atoms with van der Waals surface area (Å²) in [4.78, 5) is 0. The molecule has 14 heavy (non-hydrogen) atoms. The minimum atomic E-state index is -0.658. The molecule has 0 saturated heterocycles. The number of ether oxygens (including phenoxy) is 1. The molecule has 0 saturated carbocycles. The third-order valence-corrected chi connectivity index (χ3v) is 2.48. The van der Waals surface area contributed by atoms with Crippen LogP contribution in [0.2, 0.25) is 10.0 Å². The molecule has 2 nitrogen and oxygen atoms in total. The van der Waals surface area contributed by atoms with Crippen LogP contribution in [-0.4, -0.2) is 17.3 Å². The maximum Gasteiger partial charge on any atom is 0.140 e. The van der Waals surface area contributed by atoms with Crippen molar-refractivity contribution < 1.29 is 9.84 Å². The van der Waals surface area contributed by atoms with Crippen molar-refractivity contribution in [2.45, 2.75) is 19.4 Å². The smallest absolute Gasteiger partial charge is 0.140 e. The fourth-order valence-corrected chi connectivity index (χ4v) is 1.22. The number of aliphatic hydroxyl groups excluding tert-OH is 1. The number of halogens is 2. The Morgan fingerprint density at radius 1 is 1.36 bits per heavy atom. The van der Waals surface area contributed by atoms with Crippen LogP contribution in [0.15, 0.2) is 18.2 Å². The van der Waals surface area contributed by atoms with E-state index in [1.807, 2.05) is 0 Å². The first kappa shape index (κ1) is 11.6. The molecule has 0 aromatic heterocycles. The predicted octanol–water partition coefficient (Wildman–Crippen LogP) is 3.14. The molecule has 1 N–H and O–H groups in total. The van der Waals surface area contributed by atoms with Crippen molar-refractivity contribution in [3.63, 3.8) is 0 Å². The summed E-state index contributed by atoms with van der Waals surface area (Å²) in [6, 6.07) is 5.14. The summed E-state index contributed by atoms with van der Waals surface area (Å²) in [5.41, 5.74) is -0.658. The molecule has 0 bridgehead atoms. The molecule has 78 valence electrons. The maximum atomic E-state index is 9.01. The van der Waals surface area contributed by atoms with E-state index in [0.29, 0.717) is 15.8 Å². The van der Waals surface area contributed by atoms with Gasteiger partial charge < -0.3 is 9.84 Å². The molecule has 0 unspecified atom stereocenters. The Morgan fingerprint density at radius 2 is 2.00 bits per heavy atom. The molecule has 0 atom stereocenters. The third kappa shape index (κ3) is 2.77. The highest BCUT2D eigenvalue weighted by molar-refractivity contribution is 6.42. The largest absolute Gasteiger partial charge is 0.484 e. The normalized spacial score (nSPS) is 11.5. The van der Waals surface area contributed by atoms with Gasteiger partial charge in [-0.2, -0.15) is 0 Å². The highest BCUT2D eigenvalue weighted by Crippen LogP contribution is 2.33. The van der Waals surface area contributed by atoms with Gasteiger partial charge in [-0.05, 0) is 26.0 Å². The lowest BCUT2D eigenvalue weighted by Gasteiger charge is -2.24. The lowest BCUT2D eigenvalue weighted by atomic mass is 10.1. The minimum absolute atomic E-state index is 0.0875. The van der Waals surface area contributed by atoms with E-state index < -0.39 is 5.60 Å². The van der Waals surface area contributed by atoms with Crippen LogP contribution in [0.3, 0.4) is 0 Å². The zero-order valence-corrected chi connectivity index (χ0v) is 9.56. The van der Waals surface area contributed by atoms with Crippen LogP contribution in [0.1, 0.15) is 13.8 Å². The summed E-state index contributed by atoms with van der Waals surface area (Å²) in [5, 5.41) is 9.83. The van der Waals surface area contributed by atoms with Gasteiger partial charge >= 0.3 is 0 Å². The fourth-order valence-electron chi connectivity index (χ4n) is 0.893. The molecule has 1 aromatic carbocycles. The average molecular weight is 235 g/mol. The predicted molar refractivity (Wildman–Crippen MR) is 58.3 cm³/mol. The number of benzene rings is 1. The van der Waals surface area contributed by atoms with Gasteiger partial charge in [-0.3, -0.25) is 0 Å². The molecule has 0 fully saturated rings. The molecule has 0 aliphatic carbocycles. The zero-order valence-electron chi connectivity index (χ0n) is 8.05. The Hall–Kier alpha value is -0.440. The summed E-state index contributed by atoms with van der Waals surface area (Å²) < 4.78 is 5.50. The van der Waals surface area contributed by atoms with Crippen LogP contribution in [-0.2, 0) is 0 Å². The third-order valence-electron chi connectivity index (χ3n) is 1.68. The highest BCUT2D eigenvalue weighted by atomic mass is 35.5. The van der Waals surface area contributed by atoms with Gasteiger partial charge in [-0.15, -0.1) is 0 Å². The molecule has 0 heterocycles. The molecule has 0 spiro atoms. The first-order chi connectivity index (χ1) is 6.46. The van der Waals surface area contributed by atoms with E-state index in [9.17, 15) is 0 Å². The van der Waals surface area contributed by atoms with E-state index in [0.717, 1.165) is 0 Å². The van der Waals surface area contributed by atoms with Crippen molar-refractivity contribution in [2.24, 2.45) is 0 Å². The van der Waals surface area contributed by atoms with Gasteiger partial charge in [-0.1, -0.05) is 29.3 Å². The SMILES string of the molecule is CC(C)(CO)Oc1cccc(Cl)c1Cl. The van der Waals surface area contributed by atoms with Gasteiger partial charge in [0.05, 0.1) is 11.6 Å². The molecule has 1 rings (SSSR count). The number of rotatable bonds is 3. The van der Waals surface area contributed by atoms with E-state index in [2.05, 4.69) is 0 Å². The van der Waals surface area contributed by atoms with E-state index >= 15 is 0 Å². The van der Waals surface area contributed by atoms with Crippen LogP contribution < -0.4 is 4.74 Å². The van der Waals surface area contributed by atoms with Gasteiger partial charge in [0, 0.05) is 0 Å². The maximum absolute atomic E-state index is 9.01. The number of hydrogen-bond donors (Lipinski definition) is 1. The molecular weight excluding hydrogens is 223 g/mol. The monoisotopic (exact) mass is 234 g/mol. The minimum Gasteiger partial charge on any atom is -0.484 e. The van der Waals surface area contributed by atoms with Crippen molar-refractivity contribution in [1.82, 2.24) is 0 Å². The van der Waals surface area contributed by atoms with E-state index in [4.69, 9.17) is 33.0 Å². The summed E-state index contributed by atoms with van der Waals surface area (Å²) in [6.45, 7) is 3.45. The lowest BCUT2D eigenvalue weighted by molar-refractivity contribution is 0.0413. The summed E-state index contributed by atoms with van der Waals surface area (Å²) in [5.74, 6) is 0.484. The van der Waals surface area contributed by atoms with Gasteiger partial charge in [0.1, 0.15) is 16.4 Å². The van der Waals surface area contributed by atoms with Crippen molar-refractivity contribution >= 4 is 23.2 Å². The van der Waals surface area contributed by atoms with Crippen LogP contribution in [0, 0.1) is 0 Å². The summed E-state index contributed by atoms with van der Waals surface area (Å²) in [7, 11) is 0. The van der Waals surface area contributed by atoms with Gasteiger partial charge in [-0.25, -0.2) is 0 Å². The molecule has 0 aliphatic heterocycles. The van der Waals surface area contributed by atoms with Crippen molar-refractivity contribution in [1.29, 1.82) is 0 Å². The van der Waals surface area contributed by atoms with Crippen LogP contribution >= 0.6 is 23.2 Å². The quantitative estimate of drug-likeness (QED) is 0.871. The molecule has 4 heteroatoms. The van der Waals surface area contributed by atoms with E-state index in [-0.39, 0.29) is 6.61 Å². The Bertz CT molecular complexity index is 324. The zero-order chi connectivity index (χ0) is 10.8. The lowest BCUT2D eigenvalue weighted by Crippen LogP contribution is -2.32. The van der Waals surface area contributed by atoms with Crippen molar-refractivity contribution in [3.8, 4) is 5.75 Å². The van der Waals surface area contributed by atoms with Gasteiger partial charge in [0.15, 0.2) is 0 Å². The molecule has 0 aliphatic rings. The Morgan fingerprint density at radius 3 is 2.57 bits per heavy atom. The first-order valence-corrected chi connectivity index (χ1v) is 4.96. The number of hydrogen-bond acceptors (Lipinski definition) is 2. The highest BCUT2D eigenvalue weighted by Gasteiger charge is 2.20. The molecule has 1 aromatic rings.